The summed E-state index contributed by atoms with van der Waals surface area (Å²) >= 11 is 0. The zero-order valence-electron chi connectivity index (χ0n) is 14.0. The molecular weight excluding hydrogens is 288 g/mol. The molecule has 23 heavy (non-hydrogen) atoms. The molecule has 0 aliphatic rings. The van der Waals surface area contributed by atoms with Crippen molar-refractivity contribution in [1.82, 2.24) is 0 Å². The van der Waals surface area contributed by atoms with Gasteiger partial charge in [-0.1, -0.05) is 56.3 Å². The van der Waals surface area contributed by atoms with E-state index in [1.54, 1.807) is 0 Å². The molecule has 0 atom stereocenters. The Morgan fingerprint density at radius 3 is 2.26 bits per heavy atom. The average Bonchev–Trinajstić information content (AvgIpc) is 2.56. The van der Waals surface area contributed by atoms with E-state index in [-0.39, 0.29) is 0 Å². The van der Waals surface area contributed by atoms with E-state index in [1.807, 2.05) is 69.3 Å². The van der Waals surface area contributed by atoms with Gasteiger partial charge in [0.2, 0.25) is 0 Å². The van der Waals surface area contributed by atoms with Gasteiger partial charge in [-0.25, -0.2) is 0 Å². The fourth-order valence-electron chi connectivity index (χ4n) is 2.93. The van der Waals surface area contributed by atoms with E-state index >= 15 is 0 Å². The van der Waals surface area contributed by atoms with Crippen molar-refractivity contribution in [2.75, 3.05) is 0 Å². The molecule has 2 aromatic carbocycles. The van der Waals surface area contributed by atoms with Crippen molar-refractivity contribution in [3.05, 3.63) is 65.2 Å². The molecule has 0 aliphatic heterocycles. The Hall–Kier alpha value is -2.29. The molecule has 0 radical (unpaired) electrons. The summed E-state index contributed by atoms with van der Waals surface area (Å²) in [6.07, 6.45) is 1.14. The zero-order valence-corrected chi connectivity index (χ0v) is 14.0. The summed E-state index contributed by atoms with van der Waals surface area (Å²) in [6, 6.07) is 15.7. The third kappa shape index (κ3) is 3.55. The van der Waals surface area contributed by atoms with Crippen LogP contribution in [-0.4, -0.2) is 11.1 Å². The van der Waals surface area contributed by atoms with Gasteiger partial charge in [0.05, 0.1) is 5.41 Å². The fourth-order valence-corrected chi connectivity index (χ4v) is 2.93. The molecule has 0 aromatic heterocycles. The largest absolute Gasteiger partial charge is 0.489 e. The maximum Gasteiger partial charge on any atom is 0.314 e. The maximum atomic E-state index is 11.8. The molecule has 0 fully saturated rings. The molecule has 0 aliphatic carbocycles. The van der Waals surface area contributed by atoms with Gasteiger partial charge in [-0.05, 0) is 42.5 Å². The van der Waals surface area contributed by atoms with Crippen molar-refractivity contribution in [2.45, 2.75) is 45.6 Å². The summed E-state index contributed by atoms with van der Waals surface area (Å²) in [6.45, 7) is 6.31. The smallest absolute Gasteiger partial charge is 0.314 e. The van der Waals surface area contributed by atoms with Gasteiger partial charge in [0.25, 0.3) is 0 Å². The quantitative estimate of drug-likeness (QED) is 0.805. The Morgan fingerprint density at radius 2 is 1.74 bits per heavy atom. The van der Waals surface area contributed by atoms with Crippen LogP contribution in [0.4, 0.5) is 0 Å². The highest BCUT2D eigenvalue weighted by molar-refractivity contribution is 5.81. The summed E-state index contributed by atoms with van der Waals surface area (Å²) in [5.74, 6) is 0.0314. The standard InChI is InChI=1S/C20H24O3/c1-4-20(5-2,19(21)22)17-11-12-18(15(3)13-17)23-14-16-9-7-6-8-10-16/h6-13H,4-5,14H2,1-3H3,(H,21,22). The van der Waals surface area contributed by atoms with Crippen LogP contribution in [0.5, 0.6) is 5.75 Å². The van der Waals surface area contributed by atoms with Crippen molar-refractivity contribution >= 4 is 5.97 Å². The first-order chi connectivity index (χ1) is 11.0. The Morgan fingerprint density at radius 1 is 1.09 bits per heavy atom. The number of aryl methyl sites for hydroxylation is 1. The Kier molecular flexibility index (Phi) is 5.43. The molecule has 0 spiro atoms. The molecule has 3 heteroatoms. The number of hydrogen-bond acceptors (Lipinski definition) is 2. The molecular formula is C20H24O3. The van der Waals surface area contributed by atoms with Gasteiger partial charge in [-0.2, -0.15) is 0 Å². The number of aliphatic carboxylic acids is 1. The van der Waals surface area contributed by atoms with E-state index in [9.17, 15) is 9.90 Å². The molecule has 0 saturated carbocycles. The van der Waals surface area contributed by atoms with Gasteiger partial charge < -0.3 is 9.84 Å². The molecule has 122 valence electrons. The van der Waals surface area contributed by atoms with E-state index in [2.05, 4.69) is 0 Å². The lowest BCUT2D eigenvalue weighted by atomic mass is 9.75. The van der Waals surface area contributed by atoms with Gasteiger partial charge in [0, 0.05) is 0 Å². The van der Waals surface area contributed by atoms with Crippen molar-refractivity contribution in [2.24, 2.45) is 0 Å². The highest BCUT2D eigenvalue weighted by atomic mass is 16.5. The lowest BCUT2D eigenvalue weighted by molar-refractivity contribution is -0.144. The van der Waals surface area contributed by atoms with Crippen molar-refractivity contribution in [1.29, 1.82) is 0 Å². The SMILES string of the molecule is CCC(CC)(C(=O)O)c1ccc(OCc2ccccc2)c(C)c1. The minimum atomic E-state index is -0.817. The second kappa shape index (κ2) is 7.32. The summed E-state index contributed by atoms with van der Waals surface area (Å²) < 4.78 is 5.87. The number of ether oxygens (including phenoxy) is 1. The maximum absolute atomic E-state index is 11.8. The topological polar surface area (TPSA) is 46.5 Å². The highest BCUT2D eigenvalue weighted by Gasteiger charge is 2.36. The molecule has 0 unspecified atom stereocenters. The van der Waals surface area contributed by atoms with Crippen molar-refractivity contribution < 1.29 is 14.6 Å². The van der Waals surface area contributed by atoms with Crippen LogP contribution in [0.2, 0.25) is 0 Å². The Bertz CT molecular complexity index is 658. The van der Waals surface area contributed by atoms with Gasteiger partial charge in [0.15, 0.2) is 0 Å². The van der Waals surface area contributed by atoms with Crippen LogP contribution in [0.25, 0.3) is 0 Å². The Balaban J connectivity index is 2.22. The number of hydrogen-bond donors (Lipinski definition) is 1. The fraction of sp³-hybridized carbons (Fsp3) is 0.350. The number of rotatable bonds is 7. The molecule has 3 nitrogen and oxygen atoms in total. The van der Waals surface area contributed by atoms with Crippen LogP contribution in [0.3, 0.4) is 0 Å². The van der Waals surface area contributed by atoms with Gasteiger partial charge in [0.1, 0.15) is 12.4 Å². The first kappa shape index (κ1) is 17.1. The highest BCUT2D eigenvalue weighted by Crippen LogP contribution is 2.34. The first-order valence-corrected chi connectivity index (χ1v) is 8.04. The van der Waals surface area contributed by atoms with Crippen LogP contribution < -0.4 is 4.74 Å². The lowest BCUT2D eigenvalue weighted by Gasteiger charge is -2.28. The zero-order chi connectivity index (χ0) is 16.9. The number of benzene rings is 2. The van der Waals surface area contributed by atoms with Crippen LogP contribution >= 0.6 is 0 Å². The average molecular weight is 312 g/mol. The van der Waals surface area contributed by atoms with E-state index in [4.69, 9.17) is 4.74 Å². The Labute approximate surface area is 137 Å². The third-order valence-corrected chi connectivity index (χ3v) is 4.58. The molecule has 0 bridgehead atoms. The van der Waals surface area contributed by atoms with Crippen LogP contribution in [-0.2, 0) is 16.8 Å². The molecule has 0 amide bonds. The van der Waals surface area contributed by atoms with Crippen molar-refractivity contribution in [3.8, 4) is 5.75 Å². The minimum absolute atomic E-state index is 0.507. The second-order valence-electron chi connectivity index (χ2n) is 5.85. The minimum Gasteiger partial charge on any atom is -0.489 e. The monoisotopic (exact) mass is 312 g/mol. The van der Waals surface area contributed by atoms with Crippen LogP contribution in [0.1, 0.15) is 43.4 Å². The van der Waals surface area contributed by atoms with Gasteiger partial charge in [-0.15, -0.1) is 0 Å². The summed E-state index contributed by atoms with van der Waals surface area (Å²) in [4.78, 5) is 11.8. The molecule has 0 saturated heterocycles. The van der Waals surface area contributed by atoms with E-state index in [0.29, 0.717) is 19.4 Å². The van der Waals surface area contributed by atoms with Crippen molar-refractivity contribution in [3.63, 3.8) is 0 Å². The van der Waals surface area contributed by atoms with Gasteiger partial charge in [-0.3, -0.25) is 4.79 Å². The molecule has 2 rings (SSSR count). The van der Waals surface area contributed by atoms with Crippen LogP contribution in [0, 0.1) is 6.92 Å². The number of carboxylic acids is 1. The summed E-state index contributed by atoms with van der Waals surface area (Å²) in [7, 11) is 0. The summed E-state index contributed by atoms with van der Waals surface area (Å²) in [5.41, 5.74) is 2.10. The molecule has 1 N–H and O–H groups in total. The predicted molar refractivity (Wildman–Crippen MR) is 91.8 cm³/mol. The van der Waals surface area contributed by atoms with E-state index in [0.717, 1.165) is 22.4 Å². The van der Waals surface area contributed by atoms with Gasteiger partial charge >= 0.3 is 5.97 Å². The first-order valence-electron chi connectivity index (χ1n) is 8.04. The number of carbonyl (C=O) groups is 1. The lowest BCUT2D eigenvalue weighted by Crippen LogP contribution is -2.34. The second-order valence-corrected chi connectivity index (χ2v) is 5.85. The molecule has 2 aromatic rings. The predicted octanol–water partition coefficient (Wildman–Crippen LogP) is 4.72. The third-order valence-electron chi connectivity index (χ3n) is 4.58. The summed E-state index contributed by atoms with van der Waals surface area (Å²) in [5, 5.41) is 9.66. The molecule has 0 heterocycles. The normalized spacial score (nSPS) is 11.3. The van der Waals surface area contributed by atoms with E-state index < -0.39 is 11.4 Å². The van der Waals surface area contributed by atoms with Crippen LogP contribution in [0.15, 0.2) is 48.5 Å². The van der Waals surface area contributed by atoms with E-state index in [1.165, 1.54) is 0 Å². The number of carboxylic acid groups (broad SMARTS) is 1.